The average Bonchev–Trinajstić information content (AvgIpc) is 2.76. The Bertz CT molecular complexity index is 336. The third-order valence-electron chi connectivity index (χ3n) is 3.70. The van der Waals surface area contributed by atoms with Gasteiger partial charge in [-0.2, -0.15) is 0 Å². The molecule has 0 amide bonds. The van der Waals surface area contributed by atoms with Gasteiger partial charge in [0.2, 0.25) is 0 Å². The number of hydrogen-bond donors (Lipinski definition) is 3. The number of nitrogens with one attached hydrogen (secondary N) is 2. The molecule has 1 aliphatic heterocycles. The lowest BCUT2D eigenvalue weighted by Gasteiger charge is -2.41. The maximum Gasteiger partial charge on any atom is 0.0569 e. The first-order chi connectivity index (χ1) is 8.08. The number of aromatic amines is 1. The number of nitrogens with two attached hydrogens (primary N) is 1. The molecule has 1 saturated heterocycles. The van der Waals surface area contributed by atoms with Crippen molar-refractivity contribution in [3.63, 3.8) is 0 Å². The summed E-state index contributed by atoms with van der Waals surface area (Å²) in [5, 5.41) is 3.53. The van der Waals surface area contributed by atoms with Crippen molar-refractivity contribution in [2.24, 2.45) is 11.1 Å². The summed E-state index contributed by atoms with van der Waals surface area (Å²) in [6, 6.07) is 2.13. The highest BCUT2D eigenvalue weighted by molar-refractivity contribution is 5.20. The van der Waals surface area contributed by atoms with Crippen LogP contribution in [-0.4, -0.2) is 37.8 Å². The predicted octanol–water partition coefficient (Wildman–Crippen LogP) is 0.857. The molecule has 0 bridgehead atoms. The quantitative estimate of drug-likeness (QED) is 0.687. The molecule has 1 aromatic heterocycles. The maximum atomic E-state index is 5.79. The Labute approximate surface area is 103 Å². The van der Waals surface area contributed by atoms with E-state index in [-0.39, 0.29) is 10.8 Å². The lowest BCUT2D eigenvalue weighted by molar-refractivity contribution is -0.105. The molecule has 2 heterocycles. The van der Waals surface area contributed by atoms with Crippen LogP contribution in [0.3, 0.4) is 0 Å². The third kappa shape index (κ3) is 2.70. The van der Waals surface area contributed by atoms with Crippen molar-refractivity contribution < 1.29 is 4.74 Å². The van der Waals surface area contributed by atoms with Gasteiger partial charge in [-0.25, -0.2) is 0 Å². The lowest BCUT2D eigenvalue weighted by Crippen LogP contribution is -2.55. The number of rotatable bonds is 6. The van der Waals surface area contributed by atoms with Crippen LogP contribution in [0.4, 0.5) is 0 Å². The van der Waals surface area contributed by atoms with E-state index in [0.29, 0.717) is 6.54 Å². The first-order valence-corrected chi connectivity index (χ1v) is 6.20. The van der Waals surface area contributed by atoms with Crippen LogP contribution in [0.25, 0.3) is 0 Å². The minimum absolute atomic E-state index is 0.139. The van der Waals surface area contributed by atoms with E-state index in [4.69, 9.17) is 10.5 Å². The Morgan fingerprint density at radius 2 is 2.29 bits per heavy atom. The lowest BCUT2D eigenvalue weighted by atomic mass is 9.83. The molecule has 0 saturated carbocycles. The summed E-state index contributed by atoms with van der Waals surface area (Å²) in [4.78, 5) is 3.11. The Kier molecular flexibility index (Phi) is 3.56. The van der Waals surface area contributed by atoms with E-state index in [0.717, 1.165) is 26.3 Å². The number of aromatic nitrogens is 1. The van der Waals surface area contributed by atoms with Gasteiger partial charge in [0.15, 0.2) is 0 Å². The van der Waals surface area contributed by atoms with Crippen LogP contribution < -0.4 is 11.1 Å². The average molecular weight is 237 g/mol. The summed E-state index contributed by atoms with van der Waals surface area (Å²) < 4.78 is 5.26. The summed E-state index contributed by atoms with van der Waals surface area (Å²) >= 11 is 0. The van der Waals surface area contributed by atoms with Crippen LogP contribution in [-0.2, 0) is 10.2 Å². The van der Waals surface area contributed by atoms with E-state index in [1.165, 1.54) is 5.56 Å². The van der Waals surface area contributed by atoms with Crippen molar-refractivity contribution in [2.45, 2.75) is 19.3 Å². The van der Waals surface area contributed by atoms with Crippen LogP contribution in [0.15, 0.2) is 18.5 Å². The number of hydrogen-bond acceptors (Lipinski definition) is 3. The molecule has 1 aliphatic rings. The molecule has 96 valence electrons. The SMILES string of the molecule is CC(C)(CNCC1(CN)COC1)c1cc[nH]c1. The molecule has 1 fully saturated rings. The Morgan fingerprint density at radius 1 is 1.53 bits per heavy atom. The van der Waals surface area contributed by atoms with Crippen molar-refractivity contribution in [3.8, 4) is 0 Å². The molecule has 0 spiro atoms. The normalized spacial score (nSPS) is 19.0. The fraction of sp³-hybridized carbons (Fsp3) is 0.692. The van der Waals surface area contributed by atoms with Gasteiger partial charge in [-0.05, 0) is 11.6 Å². The van der Waals surface area contributed by atoms with Gasteiger partial charge < -0.3 is 20.8 Å². The van der Waals surface area contributed by atoms with Crippen LogP contribution in [0, 0.1) is 5.41 Å². The number of ether oxygens (including phenoxy) is 1. The smallest absolute Gasteiger partial charge is 0.0569 e. The first-order valence-electron chi connectivity index (χ1n) is 6.20. The van der Waals surface area contributed by atoms with Crippen LogP contribution in [0.1, 0.15) is 19.4 Å². The Hall–Kier alpha value is -0.840. The van der Waals surface area contributed by atoms with Gasteiger partial charge in [0.1, 0.15) is 0 Å². The van der Waals surface area contributed by atoms with Crippen molar-refractivity contribution in [2.75, 3.05) is 32.8 Å². The second kappa shape index (κ2) is 4.80. The second-order valence-electron chi connectivity index (χ2n) is 5.78. The zero-order valence-electron chi connectivity index (χ0n) is 10.8. The molecule has 2 rings (SSSR count). The molecule has 1 aromatic rings. The minimum Gasteiger partial charge on any atom is -0.380 e. The molecule has 4 N–H and O–H groups in total. The molecule has 0 aromatic carbocycles. The molecule has 0 unspecified atom stereocenters. The molecule has 17 heavy (non-hydrogen) atoms. The second-order valence-corrected chi connectivity index (χ2v) is 5.78. The molecule has 0 radical (unpaired) electrons. The van der Waals surface area contributed by atoms with Crippen LogP contribution in [0.5, 0.6) is 0 Å². The maximum absolute atomic E-state index is 5.79. The zero-order chi connectivity index (χ0) is 12.4. The van der Waals surface area contributed by atoms with Gasteiger partial charge >= 0.3 is 0 Å². The van der Waals surface area contributed by atoms with Gasteiger partial charge in [-0.3, -0.25) is 0 Å². The highest BCUT2D eigenvalue weighted by Crippen LogP contribution is 2.26. The Morgan fingerprint density at radius 3 is 2.76 bits per heavy atom. The minimum atomic E-state index is 0.139. The summed E-state index contributed by atoms with van der Waals surface area (Å²) in [5.41, 5.74) is 7.43. The Balaban J connectivity index is 1.82. The largest absolute Gasteiger partial charge is 0.380 e. The van der Waals surface area contributed by atoms with Gasteiger partial charge in [-0.1, -0.05) is 13.8 Å². The van der Waals surface area contributed by atoms with Crippen molar-refractivity contribution in [1.29, 1.82) is 0 Å². The van der Waals surface area contributed by atoms with Gasteiger partial charge in [-0.15, -0.1) is 0 Å². The highest BCUT2D eigenvalue weighted by atomic mass is 16.5. The van der Waals surface area contributed by atoms with E-state index in [1.54, 1.807) is 0 Å². The first kappa shape index (κ1) is 12.6. The van der Waals surface area contributed by atoms with Gasteiger partial charge in [0, 0.05) is 42.9 Å². The van der Waals surface area contributed by atoms with E-state index >= 15 is 0 Å². The fourth-order valence-electron chi connectivity index (χ4n) is 2.17. The topological polar surface area (TPSA) is 63.1 Å². The van der Waals surface area contributed by atoms with Crippen molar-refractivity contribution in [3.05, 3.63) is 24.0 Å². The van der Waals surface area contributed by atoms with E-state index < -0.39 is 0 Å². The van der Waals surface area contributed by atoms with Crippen LogP contribution >= 0.6 is 0 Å². The molecular formula is C13H23N3O. The van der Waals surface area contributed by atoms with E-state index in [9.17, 15) is 0 Å². The summed E-state index contributed by atoms with van der Waals surface area (Å²) in [5.74, 6) is 0. The van der Waals surface area contributed by atoms with E-state index in [1.807, 2.05) is 6.20 Å². The standard InChI is InChI=1S/C13H23N3O/c1-12(2,11-3-4-15-5-11)7-16-8-13(6-14)9-17-10-13/h3-5,15-16H,6-10,14H2,1-2H3. The van der Waals surface area contributed by atoms with Gasteiger partial charge in [0.05, 0.1) is 13.2 Å². The number of H-pyrrole nitrogens is 1. The van der Waals surface area contributed by atoms with E-state index in [2.05, 4.69) is 36.4 Å². The molecule has 0 atom stereocenters. The summed E-state index contributed by atoms with van der Waals surface area (Å²) in [6.07, 6.45) is 4.03. The molecular weight excluding hydrogens is 214 g/mol. The van der Waals surface area contributed by atoms with Crippen LogP contribution in [0.2, 0.25) is 0 Å². The molecule has 4 heteroatoms. The fourth-order valence-corrected chi connectivity index (χ4v) is 2.17. The molecule has 4 nitrogen and oxygen atoms in total. The third-order valence-corrected chi connectivity index (χ3v) is 3.70. The van der Waals surface area contributed by atoms with Crippen molar-refractivity contribution in [1.82, 2.24) is 10.3 Å². The monoisotopic (exact) mass is 237 g/mol. The summed E-state index contributed by atoms with van der Waals surface area (Å²) in [6.45, 7) is 8.67. The molecule has 0 aliphatic carbocycles. The van der Waals surface area contributed by atoms with Gasteiger partial charge in [0.25, 0.3) is 0 Å². The predicted molar refractivity (Wildman–Crippen MR) is 69.0 cm³/mol. The highest BCUT2D eigenvalue weighted by Gasteiger charge is 2.37. The van der Waals surface area contributed by atoms with Crippen molar-refractivity contribution >= 4 is 0 Å². The summed E-state index contributed by atoms with van der Waals surface area (Å²) in [7, 11) is 0. The zero-order valence-corrected chi connectivity index (χ0v) is 10.8.